The largest absolute Gasteiger partial charge is 0.461 e. The van der Waals surface area contributed by atoms with Gasteiger partial charge in [0.15, 0.2) is 5.82 Å². The number of pyridine rings is 1. The molecule has 4 rings (SSSR count). The maximum atomic E-state index is 13.6. The lowest BCUT2D eigenvalue weighted by molar-refractivity contribution is -0.292. The van der Waals surface area contributed by atoms with E-state index in [2.05, 4.69) is 30.8 Å². The summed E-state index contributed by atoms with van der Waals surface area (Å²) >= 11 is 12.2. The molecule has 3 heterocycles. The van der Waals surface area contributed by atoms with Gasteiger partial charge in [-0.2, -0.15) is 31.8 Å². The molecule has 0 unspecified atom stereocenters. The Balaban J connectivity index is 1.74. The molecule has 0 bridgehead atoms. The molecule has 3 N–H and O–H groups in total. The van der Waals surface area contributed by atoms with Gasteiger partial charge < -0.3 is 11.1 Å². The zero-order valence-corrected chi connectivity index (χ0v) is 20.9. The molecule has 0 fully saturated rings. The van der Waals surface area contributed by atoms with Crippen molar-refractivity contribution < 1.29 is 31.5 Å². The van der Waals surface area contributed by atoms with Crippen molar-refractivity contribution in [3.05, 3.63) is 74.9 Å². The monoisotopic (exact) mass is 589 g/mol. The number of alkyl halides is 5. The smallest absolute Gasteiger partial charge is 0.366 e. The molecular formula is C21H14Cl2F5N9O2. The Hall–Kier alpha value is -4.18. The molecule has 3 aromatic heterocycles. The van der Waals surface area contributed by atoms with Gasteiger partial charge in [-0.25, -0.2) is 9.67 Å². The molecule has 0 atom stereocenters. The second kappa shape index (κ2) is 10.2. The molecule has 0 aliphatic heterocycles. The van der Waals surface area contributed by atoms with Crippen LogP contribution in [0, 0.1) is 6.92 Å². The van der Waals surface area contributed by atoms with Crippen molar-refractivity contribution in [2.75, 3.05) is 5.32 Å². The number of amides is 2. The normalized spacial score (nSPS) is 12.0. The van der Waals surface area contributed by atoms with Crippen LogP contribution in [0.4, 0.5) is 27.6 Å². The summed E-state index contributed by atoms with van der Waals surface area (Å²) in [6, 6.07) is 6.86. The molecule has 0 saturated carbocycles. The average Bonchev–Trinajstić information content (AvgIpc) is 3.48. The maximum absolute atomic E-state index is 13.6. The first-order valence-electron chi connectivity index (χ1n) is 10.5. The van der Waals surface area contributed by atoms with E-state index < -0.39 is 36.3 Å². The minimum Gasteiger partial charge on any atom is -0.366 e. The van der Waals surface area contributed by atoms with Crippen LogP contribution in [0.1, 0.15) is 37.9 Å². The average molecular weight is 590 g/mol. The Labute approximate surface area is 224 Å². The number of nitrogens with two attached hydrogens (primary N) is 1. The highest BCUT2D eigenvalue weighted by Gasteiger charge is 2.62. The first-order valence-corrected chi connectivity index (χ1v) is 11.3. The van der Waals surface area contributed by atoms with Crippen molar-refractivity contribution in [1.29, 1.82) is 0 Å². The minimum atomic E-state index is -5.94. The number of primary amides is 1. The lowest BCUT2D eigenvalue weighted by Crippen LogP contribution is -2.35. The predicted molar refractivity (Wildman–Crippen MR) is 126 cm³/mol. The summed E-state index contributed by atoms with van der Waals surface area (Å²) in [7, 11) is 0. The molecule has 0 aliphatic rings. The summed E-state index contributed by atoms with van der Waals surface area (Å²) < 4.78 is 66.1. The van der Waals surface area contributed by atoms with Gasteiger partial charge in [-0.15, -0.1) is 10.2 Å². The van der Waals surface area contributed by atoms with Crippen molar-refractivity contribution >= 4 is 40.7 Å². The second-order valence-electron chi connectivity index (χ2n) is 7.92. The van der Waals surface area contributed by atoms with Crippen molar-refractivity contribution in [1.82, 2.24) is 35.0 Å². The van der Waals surface area contributed by atoms with Crippen LogP contribution in [0.25, 0.3) is 5.82 Å². The minimum absolute atomic E-state index is 0.0191. The lowest BCUT2D eigenvalue weighted by atomic mass is 10.1. The summed E-state index contributed by atoms with van der Waals surface area (Å²) in [5.41, 5.74) is 5.51. The number of aryl methyl sites for hydroxylation is 1. The Morgan fingerprint density at radius 3 is 2.46 bits per heavy atom. The van der Waals surface area contributed by atoms with Crippen molar-refractivity contribution in [2.45, 2.75) is 25.6 Å². The molecule has 39 heavy (non-hydrogen) atoms. The lowest BCUT2D eigenvalue weighted by Gasteiger charge is -2.14. The molecule has 0 saturated heterocycles. The van der Waals surface area contributed by atoms with Crippen LogP contribution in [0.3, 0.4) is 0 Å². The Kier molecular flexibility index (Phi) is 7.27. The van der Waals surface area contributed by atoms with Gasteiger partial charge in [0.25, 0.3) is 17.6 Å². The summed E-state index contributed by atoms with van der Waals surface area (Å²) in [5, 5.41) is 16.1. The molecule has 2 amide bonds. The molecule has 1 aromatic carbocycles. The number of aromatic nitrogens is 7. The molecule has 0 radical (unpaired) electrons. The van der Waals surface area contributed by atoms with Gasteiger partial charge in [0.1, 0.15) is 12.2 Å². The van der Waals surface area contributed by atoms with E-state index in [9.17, 15) is 31.5 Å². The number of tetrazole rings is 1. The van der Waals surface area contributed by atoms with Crippen molar-refractivity contribution in [2.24, 2.45) is 5.73 Å². The van der Waals surface area contributed by atoms with Gasteiger partial charge in [0, 0.05) is 11.2 Å². The van der Waals surface area contributed by atoms with E-state index in [0.717, 1.165) is 4.68 Å². The van der Waals surface area contributed by atoms with E-state index >= 15 is 0 Å². The Bertz CT molecular complexity index is 1590. The zero-order valence-electron chi connectivity index (χ0n) is 19.3. The number of nitrogens with zero attached hydrogens (tertiary/aromatic N) is 7. The molecule has 204 valence electrons. The highest BCUT2D eigenvalue weighted by Crippen LogP contribution is 2.41. The topological polar surface area (TPSA) is 146 Å². The van der Waals surface area contributed by atoms with Gasteiger partial charge in [-0.1, -0.05) is 23.2 Å². The highest BCUT2D eigenvalue weighted by molar-refractivity contribution is 6.32. The van der Waals surface area contributed by atoms with E-state index in [1.165, 1.54) is 36.5 Å². The number of hydrogen-bond acceptors (Lipinski definition) is 7. The molecule has 0 aliphatic carbocycles. The van der Waals surface area contributed by atoms with Crippen molar-refractivity contribution in [3.63, 3.8) is 0 Å². The summed E-state index contributed by atoms with van der Waals surface area (Å²) in [6.45, 7) is 1.00. The van der Waals surface area contributed by atoms with E-state index in [1.807, 2.05) is 0 Å². The maximum Gasteiger partial charge on any atom is 0.461 e. The van der Waals surface area contributed by atoms with Crippen LogP contribution in [0.5, 0.6) is 0 Å². The number of hydrogen-bond donors (Lipinski definition) is 2. The van der Waals surface area contributed by atoms with E-state index in [0.29, 0.717) is 10.4 Å². The predicted octanol–water partition coefficient (Wildman–Crippen LogP) is 3.92. The number of halogens is 7. The fraction of sp³-hybridized carbons (Fsp3) is 0.190. The fourth-order valence-electron chi connectivity index (χ4n) is 3.35. The fourth-order valence-corrected chi connectivity index (χ4v) is 3.83. The Morgan fingerprint density at radius 1 is 1.10 bits per heavy atom. The number of rotatable bonds is 7. The number of carbonyl (C=O) groups excluding carboxylic acids is 2. The van der Waals surface area contributed by atoms with Gasteiger partial charge in [-0.05, 0) is 48.0 Å². The standard InChI is InChI=1S/C21H14Cl2F5N9O2/c1-9-5-10(22)6-12(16(29)38)15(9)31-18(39)14-7-11(33-37(14)17-13(23)3-2-4-30-17)8-36-34-19(32-35-36)20(24,25)21(26,27)28/h2-7H,8H2,1H3,(H2,29,38)(H,31,39). The highest BCUT2D eigenvalue weighted by atomic mass is 35.5. The van der Waals surface area contributed by atoms with Crippen LogP contribution < -0.4 is 11.1 Å². The van der Waals surface area contributed by atoms with E-state index in [4.69, 9.17) is 28.9 Å². The van der Waals surface area contributed by atoms with Crippen LogP contribution in [0.2, 0.25) is 10.0 Å². The third kappa shape index (κ3) is 5.51. The molecular weight excluding hydrogens is 576 g/mol. The second-order valence-corrected chi connectivity index (χ2v) is 8.76. The van der Waals surface area contributed by atoms with Gasteiger partial charge in [-0.3, -0.25) is 9.59 Å². The van der Waals surface area contributed by atoms with Crippen LogP contribution in [0.15, 0.2) is 36.5 Å². The van der Waals surface area contributed by atoms with Crippen LogP contribution >= 0.6 is 23.2 Å². The quantitative estimate of drug-likeness (QED) is 0.310. The molecule has 0 spiro atoms. The van der Waals surface area contributed by atoms with Gasteiger partial charge in [0.05, 0.1) is 22.0 Å². The van der Waals surface area contributed by atoms with Crippen LogP contribution in [-0.2, 0) is 12.5 Å². The van der Waals surface area contributed by atoms with E-state index in [1.54, 1.807) is 6.92 Å². The zero-order chi connectivity index (χ0) is 28.7. The first-order chi connectivity index (χ1) is 18.2. The summed E-state index contributed by atoms with van der Waals surface area (Å²) in [5.74, 6) is -8.93. The van der Waals surface area contributed by atoms with Crippen molar-refractivity contribution in [3.8, 4) is 5.82 Å². The van der Waals surface area contributed by atoms with Gasteiger partial charge >= 0.3 is 12.1 Å². The van der Waals surface area contributed by atoms with E-state index in [-0.39, 0.29) is 38.5 Å². The molecule has 18 heteroatoms. The molecule has 11 nitrogen and oxygen atoms in total. The number of anilines is 1. The third-order valence-electron chi connectivity index (χ3n) is 5.13. The van der Waals surface area contributed by atoms with Crippen LogP contribution in [-0.4, -0.2) is 53.0 Å². The third-order valence-corrected chi connectivity index (χ3v) is 5.64. The SMILES string of the molecule is Cc1cc(Cl)cc(C(N)=O)c1NC(=O)c1cc(Cn2nnc(C(F)(F)C(F)(F)F)n2)nn1-c1ncccc1Cl. The number of nitrogens with one attached hydrogen (secondary N) is 1. The Morgan fingerprint density at radius 2 is 1.82 bits per heavy atom. The number of benzene rings is 1. The first kappa shape index (κ1) is 27.8. The summed E-state index contributed by atoms with van der Waals surface area (Å²) in [4.78, 5) is 29.8. The summed E-state index contributed by atoms with van der Waals surface area (Å²) in [6.07, 6.45) is -4.59. The number of carbonyl (C=O) groups is 2. The van der Waals surface area contributed by atoms with Gasteiger partial charge in [0.2, 0.25) is 0 Å². The molecule has 4 aromatic rings.